The van der Waals surface area contributed by atoms with Gasteiger partial charge in [-0.25, -0.2) is 4.79 Å². The summed E-state index contributed by atoms with van der Waals surface area (Å²) < 4.78 is 47.6. The number of ether oxygens (including phenoxy) is 2. The van der Waals surface area contributed by atoms with E-state index >= 15 is 0 Å². The summed E-state index contributed by atoms with van der Waals surface area (Å²) in [5, 5.41) is 22.3. The van der Waals surface area contributed by atoms with Crippen LogP contribution < -0.4 is 26.0 Å². The van der Waals surface area contributed by atoms with Crippen LogP contribution in [0.1, 0.15) is 71.1 Å². The molecule has 3 aromatic carbocycles. The zero-order valence-electron chi connectivity index (χ0n) is 33.7. The number of aliphatic hydroxyl groups excluding tert-OH is 1. The van der Waals surface area contributed by atoms with Crippen LogP contribution in [0.4, 0.5) is 13.2 Å². The van der Waals surface area contributed by atoms with Gasteiger partial charge in [-0.3, -0.25) is 19.2 Å². The molecule has 15 heteroatoms. The van der Waals surface area contributed by atoms with E-state index in [4.69, 9.17) is 4.74 Å². The fraction of sp³-hybridized carbons (Fsp3) is 0.465. The van der Waals surface area contributed by atoms with Crippen LogP contribution in [0.2, 0.25) is 0 Å². The van der Waals surface area contributed by atoms with Crippen molar-refractivity contribution >= 4 is 29.6 Å². The molecule has 6 atom stereocenters. The second kappa shape index (κ2) is 22.5. The molecule has 5 N–H and O–H groups in total. The number of halogens is 3. The van der Waals surface area contributed by atoms with Crippen LogP contribution in [0.15, 0.2) is 84.9 Å². The standard InChI is InChI=1S/C43H55F3N4O8/c1-7-28(6)39(41(55)50-38(27(4)5)42(56)57-25-30-17-12-9-13-18-30)49-36(53)24-34(51)33(22-29-15-10-8-11-16-29)47-40(54)37(26(2)3)48-35(52)23-31-19-14-20-32(21-31)58-43(44,45)46/h8-21,26-28,33-34,37-39,51H,7,22-25H2,1-6H3,(H,47,54)(H,48,52)(H,49,53)(H,50,55)/t28-,33-,34-,37-,38-,39-/m0/s1. The van der Waals surface area contributed by atoms with E-state index in [9.17, 15) is 42.3 Å². The number of benzene rings is 3. The normalized spacial score (nSPS) is 14.6. The fourth-order valence-corrected chi connectivity index (χ4v) is 6.05. The predicted molar refractivity (Wildman–Crippen MR) is 211 cm³/mol. The maximum Gasteiger partial charge on any atom is 0.573 e. The number of alkyl halides is 3. The Morgan fingerprint density at radius 1 is 0.672 bits per heavy atom. The van der Waals surface area contributed by atoms with E-state index in [0.29, 0.717) is 6.42 Å². The number of aliphatic hydroxyl groups is 1. The van der Waals surface area contributed by atoms with E-state index in [1.54, 1.807) is 65.0 Å². The maximum absolute atomic E-state index is 13.7. The third-order valence-electron chi connectivity index (χ3n) is 9.50. The van der Waals surface area contributed by atoms with Gasteiger partial charge in [0.2, 0.25) is 23.6 Å². The molecule has 0 aliphatic rings. The van der Waals surface area contributed by atoms with Crippen molar-refractivity contribution in [2.75, 3.05) is 0 Å². The monoisotopic (exact) mass is 812 g/mol. The lowest BCUT2D eigenvalue weighted by Crippen LogP contribution is -2.57. The molecule has 4 amide bonds. The average Bonchev–Trinajstić information content (AvgIpc) is 3.16. The summed E-state index contributed by atoms with van der Waals surface area (Å²) in [6.07, 6.45) is -6.64. The van der Waals surface area contributed by atoms with Crippen LogP contribution in [-0.2, 0) is 48.2 Å². The van der Waals surface area contributed by atoms with Crippen molar-refractivity contribution in [3.05, 3.63) is 102 Å². The Kier molecular flexibility index (Phi) is 18.2. The molecular formula is C43H55F3N4O8. The first-order valence-corrected chi connectivity index (χ1v) is 19.3. The van der Waals surface area contributed by atoms with E-state index in [1.807, 2.05) is 37.3 Å². The summed E-state index contributed by atoms with van der Waals surface area (Å²) in [6.45, 7) is 10.5. The van der Waals surface area contributed by atoms with Crippen molar-refractivity contribution in [1.82, 2.24) is 21.3 Å². The number of esters is 1. The van der Waals surface area contributed by atoms with Gasteiger partial charge in [0.1, 0.15) is 30.5 Å². The molecule has 0 bridgehead atoms. The maximum atomic E-state index is 13.7. The van der Waals surface area contributed by atoms with Crippen molar-refractivity contribution in [2.45, 2.75) is 110 Å². The summed E-state index contributed by atoms with van der Waals surface area (Å²) in [6, 6.07) is 18.7. The van der Waals surface area contributed by atoms with E-state index in [0.717, 1.165) is 23.3 Å². The number of carbonyl (C=O) groups excluding carboxylic acids is 5. The Hall–Kier alpha value is -5.44. The molecule has 0 saturated carbocycles. The number of hydrogen-bond acceptors (Lipinski definition) is 8. The number of amides is 4. The Morgan fingerprint density at radius 3 is 1.79 bits per heavy atom. The Bertz CT molecular complexity index is 1790. The minimum absolute atomic E-state index is 0.0196. The largest absolute Gasteiger partial charge is 0.573 e. The Labute approximate surface area is 337 Å². The van der Waals surface area contributed by atoms with Crippen molar-refractivity contribution in [2.24, 2.45) is 17.8 Å². The van der Waals surface area contributed by atoms with Crippen molar-refractivity contribution in [3.8, 4) is 5.75 Å². The van der Waals surface area contributed by atoms with Gasteiger partial charge in [-0.2, -0.15) is 0 Å². The molecule has 0 aliphatic carbocycles. The number of nitrogens with one attached hydrogen (secondary N) is 4. The van der Waals surface area contributed by atoms with Gasteiger partial charge < -0.3 is 35.8 Å². The van der Waals surface area contributed by atoms with Gasteiger partial charge in [-0.05, 0) is 53.0 Å². The first-order valence-electron chi connectivity index (χ1n) is 19.3. The summed E-state index contributed by atoms with van der Waals surface area (Å²) >= 11 is 0. The van der Waals surface area contributed by atoms with Gasteiger partial charge in [-0.1, -0.05) is 121 Å². The van der Waals surface area contributed by atoms with E-state index < -0.39 is 84.3 Å². The quantitative estimate of drug-likeness (QED) is 0.0919. The van der Waals surface area contributed by atoms with Crippen molar-refractivity contribution in [1.29, 1.82) is 0 Å². The van der Waals surface area contributed by atoms with Gasteiger partial charge in [0.15, 0.2) is 0 Å². The first kappa shape index (κ1) is 46.9. The molecule has 0 aliphatic heterocycles. The number of rotatable bonds is 21. The van der Waals surface area contributed by atoms with Gasteiger partial charge in [0.25, 0.3) is 0 Å². The molecule has 0 saturated heterocycles. The summed E-state index contributed by atoms with van der Waals surface area (Å²) in [5.74, 6) is -4.87. The number of hydrogen-bond donors (Lipinski definition) is 5. The lowest BCUT2D eigenvalue weighted by molar-refractivity contribution is -0.274. The molecule has 316 valence electrons. The van der Waals surface area contributed by atoms with Crippen molar-refractivity contribution in [3.63, 3.8) is 0 Å². The second-order valence-electron chi connectivity index (χ2n) is 15.0. The highest BCUT2D eigenvalue weighted by Gasteiger charge is 2.35. The predicted octanol–water partition coefficient (Wildman–Crippen LogP) is 5.16. The van der Waals surface area contributed by atoms with Crippen molar-refractivity contribution < 1.29 is 51.7 Å². The topological polar surface area (TPSA) is 172 Å². The molecule has 58 heavy (non-hydrogen) atoms. The van der Waals surface area contributed by atoms with Crippen LogP contribution in [-0.4, -0.2) is 71.3 Å². The molecule has 12 nitrogen and oxygen atoms in total. The third-order valence-corrected chi connectivity index (χ3v) is 9.50. The minimum atomic E-state index is -4.91. The Balaban J connectivity index is 1.72. The second-order valence-corrected chi connectivity index (χ2v) is 15.0. The highest BCUT2D eigenvalue weighted by molar-refractivity contribution is 5.91. The average molecular weight is 813 g/mol. The zero-order valence-corrected chi connectivity index (χ0v) is 33.7. The molecule has 0 unspecified atom stereocenters. The van der Waals surface area contributed by atoms with Crippen LogP contribution in [0.3, 0.4) is 0 Å². The van der Waals surface area contributed by atoms with Crippen LogP contribution in [0.5, 0.6) is 5.75 Å². The lowest BCUT2D eigenvalue weighted by Gasteiger charge is -2.30. The summed E-state index contributed by atoms with van der Waals surface area (Å²) in [4.78, 5) is 67.0. The minimum Gasteiger partial charge on any atom is -0.459 e. The number of carbonyl (C=O) groups is 5. The molecule has 0 spiro atoms. The van der Waals surface area contributed by atoms with Crippen LogP contribution >= 0.6 is 0 Å². The third kappa shape index (κ3) is 15.8. The Morgan fingerprint density at radius 2 is 1.22 bits per heavy atom. The highest BCUT2D eigenvalue weighted by Crippen LogP contribution is 2.24. The van der Waals surface area contributed by atoms with Crippen LogP contribution in [0, 0.1) is 17.8 Å². The molecular weight excluding hydrogens is 757 g/mol. The van der Waals surface area contributed by atoms with E-state index in [1.165, 1.54) is 12.1 Å². The zero-order chi connectivity index (χ0) is 43.0. The molecule has 0 aromatic heterocycles. The molecule has 3 rings (SSSR count). The van der Waals surface area contributed by atoms with Gasteiger partial charge in [0.05, 0.1) is 25.0 Å². The fourth-order valence-electron chi connectivity index (χ4n) is 6.05. The summed E-state index contributed by atoms with van der Waals surface area (Å²) in [7, 11) is 0. The molecule has 3 aromatic rings. The SMILES string of the molecule is CC[C@H](C)[C@H](NC(=O)C[C@H](O)[C@H](Cc1ccccc1)NC(=O)[C@@H](NC(=O)Cc1cccc(OC(F)(F)F)c1)C(C)C)C(=O)N[C@H](C(=O)OCc1ccccc1)C(C)C. The van der Waals surface area contributed by atoms with E-state index in [-0.39, 0.29) is 36.8 Å². The first-order chi connectivity index (χ1) is 27.4. The molecule has 0 heterocycles. The van der Waals surface area contributed by atoms with Gasteiger partial charge in [0, 0.05) is 0 Å². The molecule has 0 fully saturated rings. The highest BCUT2D eigenvalue weighted by atomic mass is 19.4. The van der Waals surface area contributed by atoms with Gasteiger partial charge in [-0.15, -0.1) is 13.2 Å². The smallest absolute Gasteiger partial charge is 0.459 e. The van der Waals surface area contributed by atoms with E-state index in [2.05, 4.69) is 26.0 Å². The molecule has 0 radical (unpaired) electrons. The van der Waals surface area contributed by atoms with Gasteiger partial charge >= 0.3 is 12.3 Å². The van der Waals surface area contributed by atoms with Crippen LogP contribution in [0.25, 0.3) is 0 Å². The summed E-state index contributed by atoms with van der Waals surface area (Å²) in [5.41, 5.74) is 1.73. The lowest BCUT2D eigenvalue weighted by atomic mass is 9.95.